The average molecular weight is 731 g/mol. The number of fused-ring (bicyclic) bond motifs is 1. The predicted octanol–water partition coefficient (Wildman–Crippen LogP) is 5.29. The molecule has 51 heavy (non-hydrogen) atoms. The predicted molar refractivity (Wildman–Crippen MR) is 188 cm³/mol. The van der Waals surface area contributed by atoms with Crippen LogP contribution in [0.2, 0.25) is 5.02 Å². The largest absolute Gasteiger partial charge is 0.504 e. The van der Waals surface area contributed by atoms with E-state index in [1.54, 1.807) is 37.2 Å². The van der Waals surface area contributed by atoms with Crippen molar-refractivity contribution < 1.29 is 32.5 Å². The number of amides is 1. The van der Waals surface area contributed by atoms with Crippen molar-refractivity contribution in [1.29, 1.82) is 0 Å². The molecule has 4 rings (SSSR count). The Morgan fingerprint density at radius 2 is 1.96 bits per heavy atom. The van der Waals surface area contributed by atoms with Crippen molar-refractivity contribution in [2.45, 2.75) is 45.6 Å². The van der Waals surface area contributed by atoms with Crippen LogP contribution in [0.5, 0.6) is 17.2 Å². The van der Waals surface area contributed by atoms with Gasteiger partial charge in [0.25, 0.3) is 0 Å². The van der Waals surface area contributed by atoms with Crippen LogP contribution < -0.4 is 25.5 Å². The summed E-state index contributed by atoms with van der Waals surface area (Å²) in [5, 5.41) is 18.2. The molecule has 1 aliphatic heterocycles. The molecule has 0 saturated carbocycles. The fourth-order valence-corrected chi connectivity index (χ4v) is 5.82. The third-order valence-electron chi connectivity index (χ3n) is 8.23. The molecule has 0 radical (unpaired) electrons. The van der Waals surface area contributed by atoms with E-state index in [-0.39, 0.29) is 23.9 Å². The number of halogens is 4. The molecule has 1 aromatic heterocycles. The number of aromatic hydroxyl groups is 1. The summed E-state index contributed by atoms with van der Waals surface area (Å²) in [6.45, 7) is 13.5. The van der Waals surface area contributed by atoms with Crippen LogP contribution in [0.1, 0.15) is 47.6 Å². The van der Waals surface area contributed by atoms with E-state index in [0.29, 0.717) is 91.0 Å². The van der Waals surface area contributed by atoms with Crippen LogP contribution in [-0.2, 0) is 23.9 Å². The van der Waals surface area contributed by atoms with Crippen LogP contribution >= 0.6 is 11.6 Å². The van der Waals surface area contributed by atoms with Crippen LogP contribution in [0.3, 0.4) is 0 Å². The molecule has 16 heteroatoms. The number of aromatic nitrogens is 2. The number of hydrogen-bond donors (Lipinski definition) is 4. The number of carbonyl (C=O) groups excluding carboxylic acids is 1. The smallest absolute Gasteiger partial charge is 0.416 e. The number of aliphatic imine (C=N–C) groups is 1. The van der Waals surface area contributed by atoms with Crippen molar-refractivity contribution in [1.82, 2.24) is 35.9 Å². The summed E-state index contributed by atoms with van der Waals surface area (Å²) in [7, 11) is 1.76. The number of hydrogen-bond acceptors (Lipinski definition) is 11. The fourth-order valence-electron chi connectivity index (χ4n) is 5.58. The molecule has 3 aromatic rings. The third kappa shape index (κ3) is 9.61. The van der Waals surface area contributed by atoms with Crippen molar-refractivity contribution in [3.8, 4) is 17.2 Å². The van der Waals surface area contributed by atoms with Gasteiger partial charge in [0.05, 0.1) is 34.9 Å². The molecule has 2 heterocycles. The molecule has 1 unspecified atom stereocenters. The SMILES string of the molecule is C=NC(NN(Cc1ccc(C(F)(F)F)cc1Cl)C(=C)/C(=C(/CC)NC)N(CCNC=O)CCc1ncnc(C)c1O)c1cccc2c1OCCO2. The number of nitrogens with one attached hydrogen (secondary N) is 3. The first-order chi connectivity index (χ1) is 24.4. The van der Waals surface area contributed by atoms with Gasteiger partial charge in [0.1, 0.15) is 25.7 Å². The summed E-state index contributed by atoms with van der Waals surface area (Å²) < 4.78 is 52.4. The van der Waals surface area contributed by atoms with Crippen LogP contribution in [0.4, 0.5) is 13.2 Å². The second-order valence-electron chi connectivity index (χ2n) is 11.4. The van der Waals surface area contributed by atoms with Crippen LogP contribution in [0.15, 0.2) is 71.4 Å². The van der Waals surface area contributed by atoms with E-state index in [1.165, 1.54) is 12.4 Å². The number of aryl methyl sites for hydroxylation is 1. The van der Waals surface area contributed by atoms with E-state index >= 15 is 0 Å². The molecule has 0 aliphatic carbocycles. The van der Waals surface area contributed by atoms with E-state index in [1.807, 2.05) is 11.8 Å². The van der Waals surface area contributed by atoms with Gasteiger partial charge in [-0.2, -0.15) is 13.2 Å². The second kappa shape index (κ2) is 17.8. The highest BCUT2D eigenvalue weighted by atomic mass is 35.5. The molecule has 274 valence electrons. The Bertz CT molecular complexity index is 1730. The van der Waals surface area contributed by atoms with Gasteiger partial charge in [-0.05, 0) is 43.8 Å². The molecule has 0 spiro atoms. The third-order valence-corrected chi connectivity index (χ3v) is 8.58. The minimum absolute atomic E-state index is 0.0188. The first kappa shape index (κ1) is 38.8. The van der Waals surface area contributed by atoms with E-state index in [4.69, 9.17) is 21.1 Å². The van der Waals surface area contributed by atoms with Gasteiger partial charge in [-0.3, -0.25) is 9.79 Å². The number of allylic oxidation sites excluding steroid dienone is 1. The molecule has 2 aromatic carbocycles. The van der Waals surface area contributed by atoms with Crippen molar-refractivity contribution in [2.75, 3.05) is 39.9 Å². The lowest BCUT2D eigenvalue weighted by Gasteiger charge is -2.38. The molecular formula is C35H42ClF3N8O4. The minimum Gasteiger partial charge on any atom is -0.504 e. The highest BCUT2D eigenvalue weighted by Crippen LogP contribution is 2.38. The minimum atomic E-state index is -4.58. The Labute approximate surface area is 300 Å². The van der Waals surface area contributed by atoms with Gasteiger partial charge in [0, 0.05) is 49.4 Å². The number of carbonyl (C=O) groups is 1. The van der Waals surface area contributed by atoms with Gasteiger partial charge in [-0.25, -0.2) is 15.4 Å². The zero-order chi connectivity index (χ0) is 37.1. The summed E-state index contributed by atoms with van der Waals surface area (Å²) in [5.41, 5.74) is 6.08. The zero-order valence-corrected chi connectivity index (χ0v) is 29.4. The van der Waals surface area contributed by atoms with Crippen LogP contribution in [0, 0.1) is 6.92 Å². The maximum absolute atomic E-state index is 13.6. The van der Waals surface area contributed by atoms with E-state index in [0.717, 1.165) is 17.8 Å². The molecule has 0 bridgehead atoms. The van der Waals surface area contributed by atoms with E-state index < -0.39 is 17.9 Å². The Balaban J connectivity index is 1.81. The molecule has 1 amide bonds. The lowest BCUT2D eigenvalue weighted by atomic mass is 10.1. The van der Waals surface area contributed by atoms with E-state index in [9.17, 15) is 23.1 Å². The lowest BCUT2D eigenvalue weighted by Crippen LogP contribution is -2.44. The Hall–Kier alpha value is -5.02. The maximum atomic E-state index is 13.6. The van der Waals surface area contributed by atoms with Gasteiger partial charge in [0.2, 0.25) is 6.41 Å². The van der Waals surface area contributed by atoms with Crippen molar-refractivity contribution in [3.05, 3.63) is 99.5 Å². The number of ether oxygens (including phenoxy) is 2. The number of para-hydroxylation sites is 1. The number of rotatable bonds is 18. The zero-order valence-electron chi connectivity index (χ0n) is 28.7. The molecule has 1 atom stereocenters. The standard InChI is InChI=1S/C35H42ClF3N8O4/c1-6-28(40-4)31(46(15-13-42-21-48)14-12-29-32(49)22(2)43-20-44-29)23(3)47(19-24-10-11-25(18-27(24)36)35(37,38)39)45-34(41-5)26-8-7-9-30-33(26)51-17-16-50-30/h7-11,18,20-21,34,40,45,49H,3,5-6,12-17,19H2,1-2,4H3,(H,42,48)/b31-28+. The summed E-state index contributed by atoms with van der Waals surface area (Å²) in [5.74, 6) is 0.995. The molecule has 1 aliphatic rings. The molecular weight excluding hydrogens is 689 g/mol. The van der Waals surface area contributed by atoms with Crippen molar-refractivity contribution in [2.24, 2.45) is 4.99 Å². The van der Waals surface area contributed by atoms with Crippen molar-refractivity contribution >= 4 is 24.7 Å². The van der Waals surface area contributed by atoms with Gasteiger partial charge in [-0.15, -0.1) is 0 Å². The first-order valence-corrected chi connectivity index (χ1v) is 16.6. The molecule has 0 fully saturated rings. The summed E-state index contributed by atoms with van der Waals surface area (Å²) in [6.07, 6.45) is -2.61. The Morgan fingerprint density at radius 1 is 1.20 bits per heavy atom. The Morgan fingerprint density at radius 3 is 2.63 bits per heavy atom. The number of alkyl halides is 3. The Kier molecular flexibility index (Phi) is 13.5. The topological polar surface area (TPSA) is 136 Å². The molecule has 12 nitrogen and oxygen atoms in total. The number of nitrogens with zero attached hydrogens (tertiary/aromatic N) is 5. The lowest BCUT2D eigenvalue weighted by molar-refractivity contribution is -0.137. The maximum Gasteiger partial charge on any atom is 0.416 e. The number of benzene rings is 2. The van der Waals surface area contributed by atoms with Crippen molar-refractivity contribution in [3.63, 3.8) is 0 Å². The van der Waals surface area contributed by atoms with Gasteiger partial charge >= 0.3 is 6.18 Å². The van der Waals surface area contributed by atoms with Crippen LogP contribution in [-0.4, -0.2) is 78.0 Å². The normalized spacial score (nSPS) is 13.5. The molecule has 4 N–H and O–H groups in total. The van der Waals surface area contributed by atoms with E-state index in [2.05, 4.69) is 44.3 Å². The molecule has 0 saturated heterocycles. The monoisotopic (exact) mass is 730 g/mol. The summed E-state index contributed by atoms with van der Waals surface area (Å²) in [6, 6.07) is 8.55. The fraction of sp³-hybridized carbons (Fsp3) is 0.371. The highest BCUT2D eigenvalue weighted by Gasteiger charge is 2.32. The van der Waals surface area contributed by atoms with Gasteiger partial charge in [0.15, 0.2) is 17.2 Å². The summed E-state index contributed by atoms with van der Waals surface area (Å²) in [4.78, 5) is 25.9. The first-order valence-electron chi connectivity index (χ1n) is 16.2. The second-order valence-corrected chi connectivity index (χ2v) is 11.8. The quantitative estimate of drug-likeness (QED) is 0.0450. The summed E-state index contributed by atoms with van der Waals surface area (Å²) >= 11 is 6.49. The van der Waals surface area contributed by atoms with Crippen LogP contribution in [0.25, 0.3) is 0 Å². The highest BCUT2D eigenvalue weighted by molar-refractivity contribution is 6.31. The number of hydrazine groups is 1. The average Bonchev–Trinajstić information content (AvgIpc) is 3.12. The van der Waals surface area contributed by atoms with Gasteiger partial charge < -0.3 is 35.1 Å². The van der Waals surface area contributed by atoms with Gasteiger partial charge in [-0.1, -0.05) is 43.3 Å².